The molecular weight excluding hydrogens is 561 g/mol. The molecule has 1 heterocycles. The van der Waals surface area contributed by atoms with Crippen LogP contribution in [0.1, 0.15) is 21.5 Å². The molecular formula is C25H16BrClFNO5S. The van der Waals surface area contributed by atoms with Crippen molar-refractivity contribution in [3.8, 4) is 11.5 Å². The number of carbonyl (C=O) groups excluding carboxylic acids is 3. The molecule has 4 rings (SSSR count). The molecule has 1 aliphatic rings. The Morgan fingerprint density at radius 3 is 2.57 bits per heavy atom. The second-order valence-corrected chi connectivity index (χ2v) is 9.55. The first-order valence-corrected chi connectivity index (χ1v) is 12.1. The van der Waals surface area contributed by atoms with E-state index in [9.17, 15) is 18.8 Å². The summed E-state index contributed by atoms with van der Waals surface area (Å²) in [5, 5.41) is -0.344. The summed E-state index contributed by atoms with van der Waals surface area (Å²) in [6.45, 7) is -0.0808. The van der Waals surface area contributed by atoms with Gasteiger partial charge in [-0.25, -0.2) is 9.18 Å². The highest BCUT2D eigenvalue weighted by atomic mass is 79.9. The Hall–Kier alpha value is -3.14. The van der Waals surface area contributed by atoms with E-state index in [0.717, 1.165) is 22.7 Å². The van der Waals surface area contributed by atoms with E-state index in [-0.39, 0.29) is 28.0 Å². The quantitative estimate of drug-likeness (QED) is 0.185. The molecule has 1 aliphatic heterocycles. The van der Waals surface area contributed by atoms with E-state index < -0.39 is 22.9 Å². The Kier molecular flexibility index (Phi) is 7.59. The molecule has 1 fully saturated rings. The molecule has 0 saturated carbocycles. The molecule has 3 aromatic rings. The molecule has 10 heteroatoms. The molecule has 0 unspecified atom stereocenters. The van der Waals surface area contributed by atoms with Gasteiger partial charge in [-0.15, -0.1) is 0 Å². The Bertz CT molecular complexity index is 1370. The molecule has 0 aliphatic carbocycles. The Morgan fingerprint density at radius 2 is 1.89 bits per heavy atom. The third kappa shape index (κ3) is 5.58. The summed E-state index contributed by atoms with van der Waals surface area (Å²) in [5.41, 5.74) is 1.37. The summed E-state index contributed by atoms with van der Waals surface area (Å²) in [4.78, 5) is 39.1. The standard InChI is InChI=1S/C25H16BrClFNO5S/c1-33-20-10-14(9-18(26)22(20)34-24(31)15-5-3-2-4-6-15)11-21-23(30)29(25(32)35-21)13-16-7-8-17(28)12-19(16)27/h2-12H,13H2,1H3/b21-11-. The number of nitrogens with zero attached hydrogens (tertiary/aromatic N) is 1. The van der Waals surface area contributed by atoms with Crippen molar-refractivity contribution in [1.82, 2.24) is 4.90 Å². The number of halogens is 3. The van der Waals surface area contributed by atoms with E-state index in [4.69, 9.17) is 21.1 Å². The molecule has 0 spiro atoms. The highest BCUT2D eigenvalue weighted by Crippen LogP contribution is 2.40. The van der Waals surface area contributed by atoms with Gasteiger partial charge < -0.3 is 9.47 Å². The molecule has 3 aromatic carbocycles. The SMILES string of the molecule is COc1cc(/C=C2\SC(=O)N(Cc3ccc(F)cc3Cl)C2=O)cc(Br)c1OC(=O)c1ccccc1. The average Bonchev–Trinajstić information content (AvgIpc) is 3.09. The molecule has 35 heavy (non-hydrogen) atoms. The predicted molar refractivity (Wildman–Crippen MR) is 135 cm³/mol. The highest BCUT2D eigenvalue weighted by Gasteiger charge is 2.35. The van der Waals surface area contributed by atoms with Crippen molar-refractivity contribution in [2.45, 2.75) is 6.54 Å². The van der Waals surface area contributed by atoms with E-state index >= 15 is 0 Å². The zero-order valence-electron chi connectivity index (χ0n) is 18.1. The maximum absolute atomic E-state index is 13.3. The van der Waals surface area contributed by atoms with Crippen molar-refractivity contribution >= 4 is 62.5 Å². The summed E-state index contributed by atoms with van der Waals surface area (Å²) in [7, 11) is 1.42. The monoisotopic (exact) mass is 575 g/mol. The van der Waals surface area contributed by atoms with Gasteiger partial charge in [0, 0.05) is 5.02 Å². The van der Waals surface area contributed by atoms with Crippen LogP contribution in [0.3, 0.4) is 0 Å². The molecule has 0 bridgehead atoms. The second-order valence-electron chi connectivity index (χ2n) is 7.29. The Labute approximate surface area is 217 Å². The van der Waals surface area contributed by atoms with Crippen LogP contribution in [0, 0.1) is 5.82 Å². The molecule has 2 amide bonds. The van der Waals surface area contributed by atoms with Crippen LogP contribution in [0.15, 0.2) is 70.0 Å². The lowest BCUT2D eigenvalue weighted by Gasteiger charge is -2.14. The minimum atomic E-state index is -0.557. The van der Waals surface area contributed by atoms with Gasteiger partial charge in [-0.1, -0.05) is 35.9 Å². The van der Waals surface area contributed by atoms with E-state index in [1.54, 1.807) is 42.5 Å². The van der Waals surface area contributed by atoms with Crippen LogP contribution in [0.4, 0.5) is 9.18 Å². The number of imide groups is 1. The fourth-order valence-electron chi connectivity index (χ4n) is 3.26. The topological polar surface area (TPSA) is 72.9 Å². The number of ether oxygens (including phenoxy) is 2. The zero-order chi connectivity index (χ0) is 25.1. The molecule has 0 atom stereocenters. The third-order valence-electron chi connectivity index (χ3n) is 4.97. The van der Waals surface area contributed by atoms with Crippen LogP contribution in [0.25, 0.3) is 6.08 Å². The lowest BCUT2D eigenvalue weighted by molar-refractivity contribution is -0.123. The van der Waals surface area contributed by atoms with E-state index in [0.29, 0.717) is 21.2 Å². The molecule has 1 saturated heterocycles. The zero-order valence-corrected chi connectivity index (χ0v) is 21.2. The smallest absolute Gasteiger partial charge is 0.343 e. The molecule has 178 valence electrons. The maximum Gasteiger partial charge on any atom is 0.343 e. The van der Waals surface area contributed by atoms with Crippen LogP contribution in [0.5, 0.6) is 11.5 Å². The number of amides is 2. The fraction of sp³-hybridized carbons (Fsp3) is 0.0800. The number of benzene rings is 3. The number of methoxy groups -OCH3 is 1. The summed E-state index contributed by atoms with van der Waals surface area (Å²) < 4.78 is 24.6. The van der Waals surface area contributed by atoms with Gasteiger partial charge in [-0.2, -0.15) is 0 Å². The third-order valence-corrected chi connectivity index (χ3v) is 6.82. The van der Waals surface area contributed by atoms with E-state index in [2.05, 4.69) is 15.9 Å². The van der Waals surface area contributed by atoms with Crippen molar-refractivity contribution < 1.29 is 28.2 Å². The van der Waals surface area contributed by atoms with Crippen LogP contribution < -0.4 is 9.47 Å². The minimum Gasteiger partial charge on any atom is -0.493 e. The Balaban J connectivity index is 1.57. The van der Waals surface area contributed by atoms with Crippen molar-refractivity contribution in [3.05, 3.63) is 97.6 Å². The molecule has 0 radical (unpaired) electrons. The normalized spacial score (nSPS) is 14.5. The number of carbonyl (C=O) groups is 3. The number of rotatable bonds is 6. The lowest BCUT2D eigenvalue weighted by atomic mass is 10.1. The van der Waals surface area contributed by atoms with Gasteiger partial charge in [0.05, 0.1) is 28.6 Å². The predicted octanol–water partition coefficient (Wildman–Crippen LogP) is 6.71. The number of hydrogen-bond acceptors (Lipinski definition) is 6. The van der Waals surface area contributed by atoms with Crippen LogP contribution in [-0.2, 0) is 11.3 Å². The van der Waals surface area contributed by atoms with Crippen LogP contribution in [0.2, 0.25) is 5.02 Å². The van der Waals surface area contributed by atoms with Crippen LogP contribution in [-0.4, -0.2) is 29.1 Å². The van der Waals surface area contributed by atoms with Crippen molar-refractivity contribution in [1.29, 1.82) is 0 Å². The van der Waals surface area contributed by atoms with Crippen molar-refractivity contribution in [3.63, 3.8) is 0 Å². The van der Waals surface area contributed by atoms with Gasteiger partial charge in [-0.05, 0) is 81.3 Å². The van der Waals surface area contributed by atoms with Crippen molar-refractivity contribution in [2.24, 2.45) is 0 Å². The maximum atomic E-state index is 13.3. The first kappa shape index (κ1) is 25.0. The highest BCUT2D eigenvalue weighted by molar-refractivity contribution is 9.10. The van der Waals surface area contributed by atoms with Gasteiger partial charge in [0.25, 0.3) is 11.1 Å². The Morgan fingerprint density at radius 1 is 1.14 bits per heavy atom. The second kappa shape index (κ2) is 10.6. The summed E-state index contributed by atoms with van der Waals surface area (Å²) in [5.74, 6) is -1.14. The number of thioether (sulfide) groups is 1. The first-order chi connectivity index (χ1) is 16.8. The van der Waals surface area contributed by atoms with Gasteiger partial charge >= 0.3 is 5.97 Å². The summed E-state index contributed by atoms with van der Waals surface area (Å²) in [6, 6.07) is 15.5. The lowest BCUT2D eigenvalue weighted by Crippen LogP contribution is -2.27. The fourth-order valence-corrected chi connectivity index (χ4v) is 4.86. The molecule has 0 aromatic heterocycles. The molecule has 6 nitrogen and oxygen atoms in total. The van der Waals surface area contributed by atoms with Gasteiger partial charge in [0.15, 0.2) is 11.5 Å². The largest absolute Gasteiger partial charge is 0.493 e. The minimum absolute atomic E-state index is 0.0808. The first-order valence-electron chi connectivity index (χ1n) is 10.1. The van der Waals surface area contributed by atoms with Gasteiger partial charge in [0.2, 0.25) is 0 Å². The number of esters is 1. The van der Waals surface area contributed by atoms with Crippen LogP contribution >= 0.6 is 39.3 Å². The van der Waals surface area contributed by atoms with E-state index in [1.165, 1.54) is 25.3 Å². The average molecular weight is 577 g/mol. The van der Waals surface area contributed by atoms with Crippen molar-refractivity contribution in [2.75, 3.05) is 7.11 Å². The van der Waals surface area contributed by atoms with E-state index in [1.807, 2.05) is 0 Å². The number of hydrogen-bond donors (Lipinski definition) is 0. The van der Waals surface area contributed by atoms with Gasteiger partial charge in [0.1, 0.15) is 5.82 Å². The summed E-state index contributed by atoms with van der Waals surface area (Å²) in [6.07, 6.45) is 1.53. The van der Waals surface area contributed by atoms with Gasteiger partial charge in [-0.3, -0.25) is 14.5 Å². The summed E-state index contributed by atoms with van der Waals surface area (Å²) >= 11 is 10.2. The molecule has 0 N–H and O–H groups in total.